The number of hydrogen-bond donors (Lipinski definition) is 0. The standard InChI is InChI=1S/C14H10FN/c15-14-8-6-12-9-11-4-2-1-3-10(11)5-7-13(12)16-14/h1-8H,9H2. The Labute approximate surface area is 93.3 Å². The lowest BCUT2D eigenvalue weighted by atomic mass is 10.0. The van der Waals surface area contributed by atoms with Crippen LogP contribution in [-0.2, 0) is 6.42 Å². The van der Waals surface area contributed by atoms with Crippen LogP contribution in [0.15, 0.2) is 36.4 Å². The molecule has 0 atom stereocenters. The van der Waals surface area contributed by atoms with Crippen molar-refractivity contribution in [2.24, 2.45) is 0 Å². The van der Waals surface area contributed by atoms with E-state index >= 15 is 0 Å². The summed E-state index contributed by atoms with van der Waals surface area (Å²) in [5.41, 5.74) is 4.24. The fourth-order valence-corrected chi connectivity index (χ4v) is 2.00. The van der Waals surface area contributed by atoms with Gasteiger partial charge in [0.1, 0.15) is 0 Å². The fraction of sp³-hybridized carbons (Fsp3) is 0.0714. The van der Waals surface area contributed by atoms with Crippen molar-refractivity contribution in [2.75, 3.05) is 0 Å². The summed E-state index contributed by atoms with van der Waals surface area (Å²) in [7, 11) is 0. The van der Waals surface area contributed by atoms with E-state index in [2.05, 4.69) is 17.1 Å². The normalized spacial score (nSPS) is 12.8. The van der Waals surface area contributed by atoms with Crippen LogP contribution < -0.4 is 0 Å². The number of hydrogen-bond acceptors (Lipinski definition) is 1. The van der Waals surface area contributed by atoms with Gasteiger partial charge in [0.2, 0.25) is 5.95 Å². The monoisotopic (exact) mass is 211 g/mol. The Hall–Kier alpha value is -1.96. The highest BCUT2D eigenvalue weighted by molar-refractivity contribution is 5.73. The van der Waals surface area contributed by atoms with Crippen molar-refractivity contribution in [2.45, 2.75) is 6.42 Å². The Balaban J connectivity index is 2.17. The van der Waals surface area contributed by atoms with Crippen LogP contribution in [0.5, 0.6) is 0 Å². The molecule has 2 aromatic rings. The molecule has 0 amide bonds. The van der Waals surface area contributed by atoms with E-state index in [9.17, 15) is 4.39 Å². The average Bonchev–Trinajstić information content (AvgIpc) is 2.48. The van der Waals surface area contributed by atoms with E-state index in [0.717, 1.165) is 17.7 Å². The summed E-state index contributed by atoms with van der Waals surface area (Å²) in [5, 5.41) is 0. The molecule has 1 aromatic carbocycles. The van der Waals surface area contributed by atoms with E-state index in [1.807, 2.05) is 30.4 Å². The van der Waals surface area contributed by atoms with Gasteiger partial charge in [-0.05, 0) is 28.8 Å². The topological polar surface area (TPSA) is 12.9 Å². The molecular formula is C14H10FN. The molecule has 0 saturated heterocycles. The minimum absolute atomic E-state index is 0.422. The highest BCUT2D eigenvalue weighted by Crippen LogP contribution is 2.23. The Morgan fingerprint density at radius 2 is 1.81 bits per heavy atom. The van der Waals surface area contributed by atoms with Gasteiger partial charge in [0, 0.05) is 6.42 Å². The minimum atomic E-state index is -0.422. The smallest absolute Gasteiger partial charge is 0.213 e. The number of benzene rings is 1. The third-order valence-electron chi connectivity index (χ3n) is 2.84. The van der Waals surface area contributed by atoms with Gasteiger partial charge in [0.15, 0.2) is 0 Å². The van der Waals surface area contributed by atoms with Crippen molar-refractivity contribution in [1.82, 2.24) is 4.98 Å². The SMILES string of the molecule is Fc1ccc2c(n1)C=Cc1ccccc1C2. The minimum Gasteiger partial charge on any atom is -0.220 e. The van der Waals surface area contributed by atoms with Gasteiger partial charge >= 0.3 is 0 Å². The van der Waals surface area contributed by atoms with Crippen LogP contribution in [0, 0.1) is 5.95 Å². The first-order chi connectivity index (χ1) is 7.83. The molecule has 0 fully saturated rings. The summed E-state index contributed by atoms with van der Waals surface area (Å²) >= 11 is 0. The zero-order valence-electron chi connectivity index (χ0n) is 8.65. The summed E-state index contributed by atoms with van der Waals surface area (Å²) in [5.74, 6) is -0.422. The molecule has 1 nitrogen and oxygen atoms in total. The molecule has 78 valence electrons. The first kappa shape index (κ1) is 9.28. The van der Waals surface area contributed by atoms with E-state index in [1.165, 1.54) is 17.2 Å². The quantitative estimate of drug-likeness (QED) is 0.520. The number of pyridine rings is 1. The van der Waals surface area contributed by atoms with E-state index in [-0.39, 0.29) is 0 Å². The maximum absolute atomic E-state index is 13.0. The highest BCUT2D eigenvalue weighted by atomic mass is 19.1. The van der Waals surface area contributed by atoms with Gasteiger partial charge in [0.25, 0.3) is 0 Å². The fourth-order valence-electron chi connectivity index (χ4n) is 2.00. The largest absolute Gasteiger partial charge is 0.220 e. The number of halogens is 1. The molecule has 0 bridgehead atoms. The Morgan fingerprint density at radius 1 is 0.938 bits per heavy atom. The lowest BCUT2D eigenvalue weighted by Crippen LogP contribution is -1.95. The van der Waals surface area contributed by atoms with Gasteiger partial charge in [0.05, 0.1) is 5.69 Å². The molecule has 0 N–H and O–H groups in total. The van der Waals surface area contributed by atoms with Gasteiger partial charge in [-0.15, -0.1) is 0 Å². The number of fused-ring (bicyclic) bond motifs is 2. The van der Waals surface area contributed by atoms with Crippen LogP contribution in [0.1, 0.15) is 22.4 Å². The maximum Gasteiger partial charge on any atom is 0.213 e. The summed E-state index contributed by atoms with van der Waals surface area (Å²) < 4.78 is 13.0. The van der Waals surface area contributed by atoms with Crippen LogP contribution in [0.3, 0.4) is 0 Å². The first-order valence-electron chi connectivity index (χ1n) is 5.24. The maximum atomic E-state index is 13.0. The van der Waals surface area contributed by atoms with Gasteiger partial charge < -0.3 is 0 Å². The molecule has 1 aromatic heterocycles. The Morgan fingerprint density at radius 3 is 2.75 bits per heavy atom. The third kappa shape index (κ3) is 1.52. The number of rotatable bonds is 0. The predicted molar refractivity (Wildman–Crippen MR) is 62.4 cm³/mol. The first-order valence-corrected chi connectivity index (χ1v) is 5.24. The summed E-state index contributed by atoms with van der Waals surface area (Å²) in [6, 6.07) is 11.4. The molecule has 0 radical (unpaired) electrons. The van der Waals surface area contributed by atoms with Crippen LogP contribution >= 0.6 is 0 Å². The molecule has 3 rings (SSSR count). The zero-order valence-corrected chi connectivity index (χ0v) is 8.65. The molecule has 1 heterocycles. The average molecular weight is 211 g/mol. The van der Waals surface area contributed by atoms with E-state index in [4.69, 9.17) is 0 Å². The molecular weight excluding hydrogens is 201 g/mol. The summed E-state index contributed by atoms with van der Waals surface area (Å²) in [6.45, 7) is 0. The summed E-state index contributed by atoms with van der Waals surface area (Å²) in [6.07, 6.45) is 4.68. The van der Waals surface area contributed by atoms with Crippen LogP contribution in [0.2, 0.25) is 0 Å². The molecule has 1 aliphatic rings. The van der Waals surface area contributed by atoms with Crippen LogP contribution in [0.25, 0.3) is 12.2 Å². The second-order valence-electron chi connectivity index (χ2n) is 3.89. The van der Waals surface area contributed by atoms with Crippen molar-refractivity contribution in [3.05, 3.63) is 64.7 Å². The summed E-state index contributed by atoms with van der Waals surface area (Å²) in [4.78, 5) is 3.90. The van der Waals surface area contributed by atoms with Gasteiger partial charge in [-0.3, -0.25) is 0 Å². The number of nitrogens with zero attached hydrogens (tertiary/aromatic N) is 1. The molecule has 0 saturated carbocycles. The Bertz CT molecular complexity index is 573. The van der Waals surface area contributed by atoms with Crippen LogP contribution in [-0.4, -0.2) is 4.98 Å². The lowest BCUT2D eigenvalue weighted by molar-refractivity contribution is 0.581. The molecule has 0 unspecified atom stereocenters. The molecule has 0 spiro atoms. The van der Waals surface area contributed by atoms with Gasteiger partial charge in [-0.1, -0.05) is 36.4 Å². The van der Waals surface area contributed by atoms with Crippen molar-refractivity contribution in [3.63, 3.8) is 0 Å². The van der Waals surface area contributed by atoms with E-state index in [1.54, 1.807) is 0 Å². The third-order valence-corrected chi connectivity index (χ3v) is 2.84. The second-order valence-corrected chi connectivity index (χ2v) is 3.89. The molecule has 16 heavy (non-hydrogen) atoms. The van der Waals surface area contributed by atoms with E-state index < -0.39 is 5.95 Å². The molecule has 2 heteroatoms. The second kappa shape index (κ2) is 3.56. The van der Waals surface area contributed by atoms with Crippen LogP contribution in [0.4, 0.5) is 4.39 Å². The predicted octanol–water partition coefficient (Wildman–Crippen LogP) is 3.30. The van der Waals surface area contributed by atoms with Crippen molar-refractivity contribution >= 4 is 12.2 Å². The van der Waals surface area contributed by atoms with E-state index in [0.29, 0.717) is 0 Å². The molecule has 1 aliphatic carbocycles. The van der Waals surface area contributed by atoms with Crippen molar-refractivity contribution in [1.29, 1.82) is 0 Å². The Kier molecular flexibility index (Phi) is 2.07. The van der Waals surface area contributed by atoms with Crippen molar-refractivity contribution in [3.8, 4) is 0 Å². The lowest BCUT2D eigenvalue weighted by Gasteiger charge is -2.04. The van der Waals surface area contributed by atoms with Crippen molar-refractivity contribution < 1.29 is 4.39 Å². The van der Waals surface area contributed by atoms with Gasteiger partial charge in [-0.25, -0.2) is 4.98 Å². The molecule has 0 aliphatic heterocycles. The number of aromatic nitrogens is 1. The van der Waals surface area contributed by atoms with Gasteiger partial charge in [-0.2, -0.15) is 4.39 Å². The zero-order chi connectivity index (χ0) is 11.0. The highest BCUT2D eigenvalue weighted by Gasteiger charge is 2.09.